The summed E-state index contributed by atoms with van der Waals surface area (Å²) in [7, 11) is 1.84. The van der Waals surface area contributed by atoms with Crippen LogP contribution in [0.1, 0.15) is 37.3 Å². The molecule has 0 amide bonds. The van der Waals surface area contributed by atoms with Gasteiger partial charge in [-0.1, -0.05) is 43.6 Å². The van der Waals surface area contributed by atoms with Crippen molar-refractivity contribution in [2.45, 2.75) is 32.4 Å². The van der Waals surface area contributed by atoms with Crippen molar-refractivity contribution in [2.24, 2.45) is 5.92 Å². The van der Waals surface area contributed by atoms with E-state index in [1.807, 2.05) is 50.1 Å². The topological polar surface area (TPSA) is 40.5 Å². The van der Waals surface area contributed by atoms with Gasteiger partial charge in [0.2, 0.25) is 0 Å². The first kappa shape index (κ1) is 24.6. The number of hydrogen-bond donors (Lipinski definition) is 1. The summed E-state index contributed by atoms with van der Waals surface area (Å²) >= 11 is 6.00. The predicted molar refractivity (Wildman–Crippen MR) is 126 cm³/mol. The molecule has 3 aromatic rings. The fourth-order valence-electron chi connectivity index (χ4n) is 3.71. The number of aliphatic carboxylic acids is 1. The maximum Gasteiger partial charge on any atom is 0.416 e. The second-order valence-corrected chi connectivity index (χ2v) is 8.88. The van der Waals surface area contributed by atoms with E-state index in [1.54, 1.807) is 18.2 Å². The Bertz CT molecular complexity index is 1110. The molecule has 1 unspecified atom stereocenters. The summed E-state index contributed by atoms with van der Waals surface area (Å²) < 4.78 is 39.0. The van der Waals surface area contributed by atoms with Crippen molar-refractivity contribution in [2.75, 3.05) is 11.9 Å². The summed E-state index contributed by atoms with van der Waals surface area (Å²) in [6, 6.07) is 17.5. The first-order valence-electron chi connectivity index (χ1n) is 10.5. The summed E-state index contributed by atoms with van der Waals surface area (Å²) in [4.78, 5) is 14.0. The summed E-state index contributed by atoms with van der Waals surface area (Å²) in [6.07, 6.45) is -3.98. The molecule has 0 aromatic heterocycles. The third-order valence-corrected chi connectivity index (χ3v) is 5.75. The molecule has 0 spiro atoms. The zero-order valence-electron chi connectivity index (χ0n) is 18.5. The summed E-state index contributed by atoms with van der Waals surface area (Å²) in [5.74, 6) is -1.52. The third-order valence-electron chi connectivity index (χ3n) is 5.49. The van der Waals surface area contributed by atoms with E-state index in [0.717, 1.165) is 23.5 Å². The van der Waals surface area contributed by atoms with Gasteiger partial charge in [-0.25, -0.2) is 0 Å². The van der Waals surface area contributed by atoms with Crippen LogP contribution in [0.3, 0.4) is 0 Å². The maximum atomic E-state index is 13.0. The molecule has 0 aliphatic heterocycles. The minimum absolute atomic E-state index is 0.151. The number of carboxylic acid groups (broad SMARTS) is 1. The Balaban J connectivity index is 2.12. The van der Waals surface area contributed by atoms with Gasteiger partial charge in [0, 0.05) is 23.4 Å². The molecule has 33 heavy (non-hydrogen) atoms. The smallest absolute Gasteiger partial charge is 0.416 e. The monoisotopic (exact) mass is 475 g/mol. The van der Waals surface area contributed by atoms with Gasteiger partial charge in [0.05, 0.1) is 11.5 Å². The average Bonchev–Trinajstić information content (AvgIpc) is 2.76. The van der Waals surface area contributed by atoms with Gasteiger partial charge < -0.3 is 10.0 Å². The summed E-state index contributed by atoms with van der Waals surface area (Å²) in [6.45, 7) is 3.91. The van der Waals surface area contributed by atoms with Crippen LogP contribution in [-0.4, -0.2) is 18.1 Å². The van der Waals surface area contributed by atoms with Crippen LogP contribution in [-0.2, 0) is 11.0 Å². The molecule has 3 rings (SSSR count). The molecule has 0 radical (unpaired) electrons. The molecule has 0 aliphatic rings. The van der Waals surface area contributed by atoms with Crippen molar-refractivity contribution in [3.05, 3.63) is 82.9 Å². The molecule has 0 saturated heterocycles. The van der Waals surface area contributed by atoms with Crippen LogP contribution < -0.4 is 4.90 Å². The van der Waals surface area contributed by atoms with Crippen LogP contribution in [0, 0.1) is 5.92 Å². The molecule has 0 aliphatic carbocycles. The van der Waals surface area contributed by atoms with Gasteiger partial charge in [0.15, 0.2) is 0 Å². The first-order chi connectivity index (χ1) is 15.5. The average molecular weight is 476 g/mol. The number of anilines is 2. The lowest BCUT2D eigenvalue weighted by Crippen LogP contribution is -2.16. The molecule has 0 saturated carbocycles. The van der Waals surface area contributed by atoms with Gasteiger partial charge in [0.25, 0.3) is 0 Å². The van der Waals surface area contributed by atoms with Crippen LogP contribution in [0.5, 0.6) is 0 Å². The highest BCUT2D eigenvalue weighted by atomic mass is 35.5. The van der Waals surface area contributed by atoms with Crippen LogP contribution in [0.15, 0.2) is 66.7 Å². The lowest BCUT2D eigenvalue weighted by molar-refractivity contribution is -0.139. The van der Waals surface area contributed by atoms with Gasteiger partial charge in [-0.05, 0) is 77.6 Å². The van der Waals surface area contributed by atoms with Gasteiger partial charge >= 0.3 is 12.1 Å². The predicted octanol–water partition coefficient (Wildman–Crippen LogP) is 8.01. The van der Waals surface area contributed by atoms with E-state index in [9.17, 15) is 23.1 Å². The fraction of sp³-hybridized carbons (Fsp3) is 0.269. The Morgan fingerprint density at radius 3 is 2.06 bits per heavy atom. The Morgan fingerprint density at radius 2 is 1.55 bits per heavy atom. The standard InChI is InChI=1S/C26H25ClF3NO2/c1-16(2)12-24(25(32)33)19-13-18(17-4-6-20(7-5-17)26(28,29)30)14-23(15-19)31(3)22-10-8-21(27)9-11-22/h4-11,13-16,24H,12H2,1-3H3,(H,32,33). The number of benzene rings is 3. The molecular formula is C26H25ClF3NO2. The van der Waals surface area contributed by atoms with E-state index in [2.05, 4.69) is 0 Å². The summed E-state index contributed by atoms with van der Waals surface area (Å²) in [5, 5.41) is 10.5. The number of halogens is 4. The van der Waals surface area contributed by atoms with Crippen LogP contribution in [0.2, 0.25) is 5.02 Å². The van der Waals surface area contributed by atoms with Crippen LogP contribution in [0.25, 0.3) is 11.1 Å². The zero-order chi connectivity index (χ0) is 24.3. The van der Waals surface area contributed by atoms with Crippen molar-refractivity contribution in [1.29, 1.82) is 0 Å². The van der Waals surface area contributed by atoms with Gasteiger partial charge in [0.1, 0.15) is 0 Å². The zero-order valence-corrected chi connectivity index (χ0v) is 19.3. The van der Waals surface area contributed by atoms with Crippen molar-refractivity contribution in [1.82, 2.24) is 0 Å². The van der Waals surface area contributed by atoms with Crippen molar-refractivity contribution < 1.29 is 23.1 Å². The highest BCUT2D eigenvalue weighted by Crippen LogP contribution is 2.36. The highest BCUT2D eigenvalue weighted by molar-refractivity contribution is 6.30. The van der Waals surface area contributed by atoms with E-state index >= 15 is 0 Å². The number of nitrogens with zero attached hydrogens (tertiary/aromatic N) is 1. The normalized spacial score (nSPS) is 12.6. The van der Waals surface area contributed by atoms with Crippen molar-refractivity contribution in [3.63, 3.8) is 0 Å². The molecule has 174 valence electrons. The molecule has 0 fully saturated rings. The molecule has 3 nitrogen and oxygen atoms in total. The minimum Gasteiger partial charge on any atom is -0.481 e. The van der Waals surface area contributed by atoms with Crippen LogP contribution in [0.4, 0.5) is 24.5 Å². The molecule has 7 heteroatoms. The number of rotatable bonds is 7. The van der Waals surface area contributed by atoms with E-state index in [4.69, 9.17) is 11.6 Å². The molecule has 0 heterocycles. The number of hydrogen-bond acceptors (Lipinski definition) is 2. The lowest BCUT2D eigenvalue weighted by atomic mass is 9.88. The fourth-order valence-corrected chi connectivity index (χ4v) is 3.84. The van der Waals surface area contributed by atoms with Crippen molar-refractivity contribution >= 4 is 28.9 Å². The largest absolute Gasteiger partial charge is 0.481 e. The van der Waals surface area contributed by atoms with Gasteiger partial charge in [-0.2, -0.15) is 13.2 Å². The Kier molecular flexibility index (Phi) is 7.38. The third kappa shape index (κ3) is 6.08. The molecule has 1 N–H and O–H groups in total. The summed E-state index contributed by atoms with van der Waals surface area (Å²) in [5.41, 5.74) is 2.65. The highest BCUT2D eigenvalue weighted by Gasteiger charge is 2.30. The second-order valence-electron chi connectivity index (χ2n) is 8.44. The Morgan fingerprint density at radius 1 is 0.939 bits per heavy atom. The molecule has 1 atom stereocenters. The lowest BCUT2D eigenvalue weighted by Gasteiger charge is -2.24. The Labute approximate surface area is 196 Å². The van der Waals surface area contributed by atoms with E-state index in [1.165, 1.54) is 12.1 Å². The molecule has 3 aromatic carbocycles. The quantitative estimate of drug-likeness (QED) is 0.376. The minimum atomic E-state index is -4.42. The van der Waals surface area contributed by atoms with Crippen LogP contribution >= 0.6 is 11.6 Å². The van der Waals surface area contributed by atoms with Gasteiger partial charge in [-0.3, -0.25) is 4.79 Å². The number of carboxylic acids is 1. The second kappa shape index (κ2) is 9.87. The SMILES string of the molecule is CC(C)CC(C(=O)O)c1cc(-c2ccc(C(F)(F)F)cc2)cc(N(C)c2ccc(Cl)cc2)c1. The molecular weight excluding hydrogens is 451 g/mol. The number of alkyl halides is 3. The van der Waals surface area contributed by atoms with E-state index < -0.39 is 23.6 Å². The van der Waals surface area contributed by atoms with Gasteiger partial charge in [-0.15, -0.1) is 0 Å². The van der Waals surface area contributed by atoms with E-state index in [0.29, 0.717) is 28.1 Å². The Hall–Kier alpha value is -2.99. The number of carbonyl (C=O) groups is 1. The maximum absolute atomic E-state index is 13.0. The van der Waals surface area contributed by atoms with Crippen molar-refractivity contribution in [3.8, 4) is 11.1 Å². The molecule has 0 bridgehead atoms. The first-order valence-corrected chi connectivity index (χ1v) is 10.9. The van der Waals surface area contributed by atoms with E-state index in [-0.39, 0.29) is 5.92 Å².